The van der Waals surface area contributed by atoms with Gasteiger partial charge < -0.3 is 14.2 Å². The normalized spacial score (nSPS) is 11.0. The highest BCUT2D eigenvalue weighted by Crippen LogP contribution is 2.32. The molecule has 0 aliphatic heterocycles. The van der Waals surface area contributed by atoms with Crippen LogP contribution in [0.3, 0.4) is 0 Å². The van der Waals surface area contributed by atoms with Crippen LogP contribution < -0.4 is 4.74 Å². The average Bonchev–Trinajstić information content (AvgIpc) is 3.23. The number of thiophene rings is 1. The van der Waals surface area contributed by atoms with Crippen molar-refractivity contribution in [2.45, 2.75) is 33.8 Å². The maximum absolute atomic E-state index is 13.3. The Morgan fingerprint density at radius 3 is 2.37 bits per heavy atom. The fourth-order valence-corrected chi connectivity index (χ4v) is 5.19. The summed E-state index contributed by atoms with van der Waals surface area (Å²) in [4.78, 5) is 38.9. The summed E-state index contributed by atoms with van der Waals surface area (Å²) in [5, 5.41) is 9.83. The highest BCUT2D eigenvalue weighted by molar-refractivity contribution is 9.10. The van der Waals surface area contributed by atoms with Gasteiger partial charge in [-0.2, -0.15) is 5.26 Å². The number of ether oxygens (including phenoxy) is 3. The molecule has 0 radical (unpaired) electrons. The third kappa shape index (κ3) is 7.18. The van der Waals surface area contributed by atoms with Crippen LogP contribution in [0, 0.1) is 18.3 Å². The summed E-state index contributed by atoms with van der Waals surface area (Å²) in [7, 11) is 0. The number of carbonyl (C=O) groups is 3. The van der Waals surface area contributed by atoms with Crippen LogP contribution in [0.2, 0.25) is 0 Å². The second-order valence-electron chi connectivity index (χ2n) is 8.02. The highest BCUT2D eigenvalue weighted by Gasteiger charge is 2.28. The van der Waals surface area contributed by atoms with Gasteiger partial charge >= 0.3 is 11.9 Å². The molecule has 7 nitrogen and oxygen atoms in total. The number of nitriles is 1. The Hall–Kier alpha value is -3.74. The van der Waals surface area contributed by atoms with Gasteiger partial charge in [-0.05, 0) is 56.2 Å². The van der Waals surface area contributed by atoms with Crippen molar-refractivity contribution in [2.75, 3.05) is 13.2 Å². The number of hydrogen-bond acceptors (Lipinski definition) is 8. The summed E-state index contributed by atoms with van der Waals surface area (Å²) in [6.07, 6.45) is 1.21. The molecule has 0 aliphatic carbocycles. The van der Waals surface area contributed by atoms with Crippen molar-refractivity contribution >= 4 is 51.1 Å². The molecule has 0 N–H and O–H groups in total. The number of hydrogen-bond donors (Lipinski definition) is 0. The van der Waals surface area contributed by atoms with Crippen molar-refractivity contribution in [3.05, 3.63) is 90.6 Å². The Balaban J connectivity index is 1.93. The van der Waals surface area contributed by atoms with E-state index in [0.29, 0.717) is 28.4 Å². The highest BCUT2D eigenvalue weighted by atomic mass is 79.9. The van der Waals surface area contributed by atoms with Crippen LogP contribution in [0.4, 0.5) is 0 Å². The van der Waals surface area contributed by atoms with Crippen LogP contribution >= 0.6 is 27.3 Å². The summed E-state index contributed by atoms with van der Waals surface area (Å²) in [6.45, 7) is 5.58. The molecule has 0 fully saturated rings. The molecular formula is C29H26BrNO6S. The quantitative estimate of drug-likeness (QED) is 0.142. The van der Waals surface area contributed by atoms with E-state index in [9.17, 15) is 19.6 Å². The molecule has 1 heterocycles. The van der Waals surface area contributed by atoms with Gasteiger partial charge in [-0.25, -0.2) is 9.59 Å². The van der Waals surface area contributed by atoms with E-state index in [1.54, 1.807) is 32.9 Å². The third-order valence-corrected chi connectivity index (χ3v) is 7.18. The Bertz CT molecular complexity index is 1400. The zero-order valence-electron chi connectivity index (χ0n) is 21.2. The molecule has 196 valence electrons. The Labute approximate surface area is 233 Å². The fraction of sp³-hybridized carbons (Fsp3) is 0.241. The van der Waals surface area contributed by atoms with Crippen molar-refractivity contribution in [1.29, 1.82) is 5.26 Å². The number of nitrogens with zero attached hydrogens (tertiary/aromatic N) is 1. The van der Waals surface area contributed by atoms with Gasteiger partial charge in [0.25, 0.3) is 0 Å². The van der Waals surface area contributed by atoms with E-state index in [4.69, 9.17) is 14.2 Å². The van der Waals surface area contributed by atoms with Crippen LogP contribution in [0.1, 0.15) is 55.4 Å². The number of Topliss-reactive ketones (excluding diaryl/α,β-unsaturated/α-hetero) is 1. The van der Waals surface area contributed by atoms with Crippen molar-refractivity contribution in [3.8, 4) is 11.8 Å². The second-order valence-corrected chi connectivity index (χ2v) is 10.0. The topological polar surface area (TPSA) is 103 Å². The lowest BCUT2D eigenvalue weighted by atomic mass is 10.0. The van der Waals surface area contributed by atoms with Gasteiger partial charge in [-0.3, -0.25) is 4.79 Å². The lowest BCUT2D eigenvalue weighted by Gasteiger charge is -2.10. The number of ketones is 1. The third-order valence-electron chi connectivity index (χ3n) is 5.41. The van der Waals surface area contributed by atoms with Crippen molar-refractivity contribution in [3.63, 3.8) is 0 Å². The first-order valence-corrected chi connectivity index (χ1v) is 13.5. The predicted molar refractivity (Wildman–Crippen MR) is 148 cm³/mol. The Kier molecular flexibility index (Phi) is 10.4. The van der Waals surface area contributed by atoms with Crippen LogP contribution in [0.5, 0.6) is 5.75 Å². The van der Waals surface area contributed by atoms with Crippen LogP contribution in [0.15, 0.2) is 58.6 Å². The molecule has 0 aliphatic rings. The maximum atomic E-state index is 13.3. The van der Waals surface area contributed by atoms with E-state index in [1.807, 2.05) is 42.5 Å². The van der Waals surface area contributed by atoms with Gasteiger partial charge in [-0.1, -0.05) is 46.3 Å². The second kappa shape index (κ2) is 13.7. The van der Waals surface area contributed by atoms with Gasteiger partial charge in [0, 0.05) is 21.3 Å². The minimum absolute atomic E-state index is 0.119. The van der Waals surface area contributed by atoms with Crippen molar-refractivity contribution in [1.82, 2.24) is 0 Å². The van der Waals surface area contributed by atoms with Gasteiger partial charge in [0.1, 0.15) is 23.3 Å². The number of esters is 2. The Morgan fingerprint density at radius 2 is 1.71 bits per heavy atom. The van der Waals surface area contributed by atoms with Gasteiger partial charge in [0.2, 0.25) is 0 Å². The molecular weight excluding hydrogens is 570 g/mol. The van der Waals surface area contributed by atoms with Crippen LogP contribution in [-0.4, -0.2) is 30.9 Å². The number of allylic oxidation sites excluding steroid dienone is 1. The van der Waals surface area contributed by atoms with Crippen molar-refractivity contribution in [2.24, 2.45) is 0 Å². The summed E-state index contributed by atoms with van der Waals surface area (Å²) >= 11 is 4.42. The van der Waals surface area contributed by atoms with Crippen LogP contribution in [-0.2, 0) is 27.3 Å². The molecule has 0 spiro atoms. The smallest absolute Gasteiger partial charge is 0.348 e. The minimum Gasteiger partial charge on any atom is -0.488 e. The number of benzene rings is 2. The fourth-order valence-electron chi connectivity index (χ4n) is 3.63. The summed E-state index contributed by atoms with van der Waals surface area (Å²) in [5.74, 6) is -1.22. The molecule has 0 atom stereocenters. The minimum atomic E-state index is -0.634. The van der Waals surface area contributed by atoms with E-state index in [-0.39, 0.29) is 35.6 Å². The van der Waals surface area contributed by atoms with Gasteiger partial charge in [0.15, 0.2) is 5.78 Å². The van der Waals surface area contributed by atoms with E-state index < -0.39 is 17.7 Å². The van der Waals surface area contributed by atoms with E-state index in [1.165, 1.54) is 6.08 Å². The summed E-state index contributed by atoms with van der Waals surface area (Å²) in [5.41, 5.74) is 1.94. The van der Waals surface area contributed by atoms with E-state index in [0.717, 1.165) is 21.4 Å². The zero-order valence-corrected chi connectivity index (χ0v) is 23.6. The SMILES string of the molecule is CCOC(=O)c1sc(CC(=O)/C(C#N)=C/c2cc(Br)ccc2OCc2ccccc2)c(C(=O)OCC)c1C. The first-order chi connectivity index (χ1) is 18.3. The molecule has 2 aromatic carbocycles. The molecule has 9 heteroatoms. The first-order valence-electron chi connectivity index (χ1n) is 11.9. The first kappa shape index (κ1) is 28.8. The molecule has 0 unspecified atom stereocenters. The maximum Gasteiger partial charge on any atom is 0.348 e. The zero-order chi connectivity index (χ0) is 27.7. The van der Waals surface area contributed by atoms with E-state index >= 15 is 0 Å². The standard InChI is InChI=1S/C29H26BrNO6S/c1-4-35-28(33)26-18(3)27(29(34)36-5-2)38-25(26)15-23(32)21(16-31)13-20-14-22(30)11-12-24(20)37-17-19-9-7-6-8-10-19/h6-14H,4-5,15,17H2,1-3H3/b21-13+. The lowest BCUT2D eigenvalue weighted by Crippen LogP contribution is -2.12. The average molecular weight is 596 g/mol. The molecule has 0 saturated heterocycles. The molecule has 1 aromatic heterocycles. The molecule has 0 saturated carbocycles. The van der Waals surface area contributed by atoms with Gasteiger partial charge in [-0.15, -0.1) is 11.3 Å². The molecule has 3 aromatic rings. The monoisotopic (exact) mass is 595 g/mol. The van der Waals surface area contributed by atoms with Crippen molar-refractivity contribution < 1.29 is 28.6 Å². The number of rotatable bonds is 11. The van der Waals surface area contributed by atoms with Gasteiger partial charge in [0.05, 0.1) is 24.4 Å². The number of carbonyl (C=O) groups excluding carboxylic acids is 3. The van der Waals surface area contributed by atoms with E-state index in [2.05, 4.69) is 15.9 Å². The number of halogens is 1. The summed E-state index contributed by atoms with van der Waals surface area (Å²) < 4.78 is 17.0. The predicted octanol–water partition coefficient (Wildman–Crippen LogP) is 6.47. The lowest BCUT2D eigenvalue weighted by molar-refractivity contribution is -0.114. The largest absolute Gasteiger partial charge is 0.488 e. The Morgan fingerprint density at radius 1 is 1.03 bits per heavy atom. The molecule has 0 bridgehead atoms. The molecule has 38 heavy (non-hydrogen) atoms. The summed E-state index contributed by atoms with van der Waals surface area (Å²) in [6, 6.07) is 16.9. The molecule has 0 amide bonds. The van der Waals surface area contributed by atoms with Crippen LogP contribution in [0.25, 0.3) is 6.08 Å². The molecule has 3 rings (SSSR count).